The molecule has 0 heterocycles. The Morgan fingerprint density at radius 3 is 2.39 bits per heavy atom. The smallest absolute Gasteiger partial charge is 0.347 e. The van der Waals surface area contributed by atoms with Gasteiger partial charge < -0.3 is 9.84 Å². The van der Waals surface area contributed by atoms with Crippen LogP contribution >= 0.6 is 0 Å². The highest BCUT2D eigenvalue weighted by Crippen LogP contribution is 2.19. The van der Waals surface area contributed by atoms with Gasteiger partial charge in [-0.15, -0.1) is 0 Å². The topological polar surface area (TPSA) is 46.5 Å². The van der Waals surface area contributed by atoms with Gasteiger partial charge in [-0.25, -0.2) is 4.79 Å². The monoisotopic (exact) mass is 242 g/mol. The first-order chi connectivity index (χ1) is 8.70. The molecule has 0 bridgehead atoms. The number of hydrogen-bond acceptors (Lipinski definition) is 3. The number of hydrogen-bond donors (Lipinski definition) is 1. The van der Waals surface area contributed by atoms with Crippen LogP contribution in [0.2, 0.25) is 0 Å². The van der Waals surface area contributed by atoms with Gasteiger partial charge in [-0.3, -0.25) is 0 Å². The summed E-state index contributed by atoms with van der Waals surface area (Å²) in [4.78, 5) is 11.8. The fourth-order valence-electron chi connectivity index (χ4n) is 1.60. The maximum atomic E-state index is 11.8. The Morgan fingerprint density at radius 1 is 1.11 bits per heavy atom. The number of benzene rings is 2. The van der Waals surface area contributed by atoms with Crippen molar-refractivity contribution in [2.45, 2.75) is 13.3 Å². The van der Waals surface area contributed by atoms with E-state index in [2.05, 4.69) is 6.92 Å². The summed E-state index contributed by atoms with van der Waals surface area (Å²) in [5.74, 6) is -0.162. The first-order valence-electron chi connectivity index (χ1n) is 5.80. The third-order valence-electron chi connectivity index (χ3n) is 2.67. The number of aromatic hydroxyl groups is 1. The number of ether oxygens (including phenoxy) is 1. The van der Waals surface area contributed by atoms with Gasteiger partial charge in [0.2, 0.25) is 0 Å². The molecule has 0 amide bonds. The molecule has 0 aromatic heterocycles. The Bertz CT molecular complexity index is 544. The molecule has 2 aromatic carbocycles. The molecule has 92 valence electrons. The average molecular weight is 242 g/mol. The SMILES string of the molecule is CCc1ccc(OC(=O)c2ccccc2O)cc1. The summed E-state index contributed by atoms with van der Waals surface area (Å²) in [5, 5.41) is 9.54. The lowest BCUT2D eigenvalue weighted by Gasteiger charge is -2.06. The quantitative estimate of drug-likeness (QED) is 0.664. The van der Waals surface area contributed by atoms with Crippen molar-refractivity contribution >= 4 is 5.97 Å². The zero-order chi connectivity index (χ0) is 13.0. The average Bonchev–Trinajstić information content (AvgIpc) is 2.40. The minimum Gasteiger partial charge on any atom is -0.507 e. The predicted molar refractivity (Wildman–Crippen MR) is 68.9 cm³/mol. The second kappa shape index (κ2) is 5.36. The molecule has 0 fully saturated rings. The van der Waals surface area contributed by atoms with Crippen LogP contribution < -0.4 is 4.74 Å². The van der Waals surface area contributed by atoms with Crippen LogP contribution in [0.1, 0.15) is 22.8 Å². The number of para-hydroxylation sites is 1. The maximum Gasteiger partial charge on any atom is 0.347 e. The fourth-order valence-corrected chi connectivity index (χ4v) is 1.60. The summed E-state index contributed by atoms with van der Waals surface area (Å²) in [7, 11) is 0. The molecule has 1 N–H and O–H groups in total. The minimum atomic E-state index is -0.558. The predicted octanol–water partition coefficient (Wildman–Crippen LogP) is 3.17. The fraction of sp³-hybridized carbons (Fsp3) is 0.133. The van der Waals surface area contributed by atoms with Crippen LogP contribution in [0.4, 0.5) is 0 Å². The van der Waals surface area contributed by atoms with Crippen molar-refractivity contribution in [2.75, 3.05) is 0 Å². The Hall–Kier alpha value is -2.29. The lowest BCUT2D eigenvalue weighted by Crippen LogP contribution is -2.08. The summed E-state index contributed by atoms with van der Waals surface area (Å²) in [6, 6.07) is 13.6. The molecule has 0 saturated heterocycles. The number of phenols is 1. The van der Waals surface area contributed by atoms with Gasteiger partial charge in [0, 0.05) is 0 Å². The second-order valence-corrected chi connectivity index (χ2v) is 3.90. The first kappa shape index (κ1) is 12.2. The zero-order valence-electron chi connectivity index (χ0n) is 10.1. The van der Waals surface area contributed by atoms with E-state index >= 15 is 0 Å². The van der Waals surface area contributed by atoms with Crippen LogP contribution in [0.5, 0.6) is 11.5 Å². The highest BCUT2D eigenvalue weighted by molar-refractivity contribution is 5.93. The van der Waals surface area contributed by atoms with E-state index in [1.54, 1.807) is 24.3 Å². The molecule has 3 heteroatoms. The Morgan fingerprint density at radius 2 is 1.78 bits per heavy atom. The van der Waals surface area contributed by atoms with Crippen molar-refractivity contribution in [1.29, 1.82) is 0 Å². The molecule has 0 radical (unpaired) electrons. The number of phenolic OH excluding ortho intramolecular Hbond substituents is 1. The molecule has 0 aliphatic rings. The molecule has 0 aliphatic carbocycles. The van der Waals surface area contributed by atoms with Gasteiger partial charge in [-0.2, -0.15) is 0 Å². The molecule has 2 aromatic rings. The van der Waals surface area contributed by atoms with Gasteiger partial charge in [0.15, 0.2) is 0 Å². The van der Waals surface area contributed by atoms with E-state index in [0.29, 0.717) is 5.75 Å². The van der Waals surface area contributed by atoms with Gasteiger partial charge in [0.1, 0.15) is 17.1 Å². The zero-order valence-corrected chi connectivity index (χ0v) is 10.1. The van der Waals surface area contributed by atoms with Crippen molar-refractivity contribution < 1.29 is 14.6 Å². The number of rotatable bonds is 3. The highest BCUT2D eigenvalue weighted by atomic mass is 16.5. The van der Waals surface area contributed by atoms with Crippen LogP contribution in [-0.2, 0) is 6.42 Å². The van der Waals surface area contributed by atoms with E-state index < -0.39 is 5.97 Å². The molecule has 0 aliphatic heterocycles. The molecule has 0 spiro atoms. The van der Waals surface area contributed by atoms with E-state index in [1.165, 1.54) is 17.7 Å². The van der Waals surface area contributed by atoms with Crippen LogP contribution in [0.25, 0.3) is 0 Å². The Kier molecular flexibility index (Phi) is 3.63. The number of esters is 1. The molecule has 0 saturated carbocycles. The summed E-state index contributed by atoms with van der Waals surface area (Å²) in [5.41, 5.74) is 1.34. The van der Waals surface area contributed by atoms with Crippen molar-refractivity contribution in [1.82, 2.24) is 0 Å². The third-order valence-corrected chi connectivity index (χ3v) is 2.67. The maximum absolute atomic E-state index is 11.8. The molecular weight excluding hydrogens is 228 g/mol. The van der Waals surface area contributed by atoms with E-state index in [0.717, 1.165) is 6.42 Å². The van der Waals surface area contributed by atoms with Crippen LogP contribution in [0.15, 0.2) is 48.5 Å². The van der Waals surface area contributed by atoms with Crippen LogP contribution in [0, 0.1) is 0 Å². The van der Waals surface area contributed by atoms with Crippen molar-refractivity contribution in [3.63, 3.8) is 0 Å². The molecule has 2 rings (SSSR count). The molecular formula is C15H14O3. The van der Waals surface area contributed by atoms with Crippen molar-refractivity contribution in [3.05, 3.63) is 59.7 Å². The second-order valence-electron chi connectivity index (χ2n) is 3.90. The largest absolute Gasteiger partial charge is 0.507 e. The van der Waals surface area contributed by atoms with Gasteiger partial charge in [0.05, 0.1) is 0 Å². The summed E-state index contributed by atoms with van der Waals surface area (Å²) in [6.45, 7) is 2.06. The molecule has 18 heavy (non-hydrogen) atoms. The number of aryl methyl sites for hydroxylation is 1. The Balaban J connectivity index is 2.14. The van der Waals surface area contributed by atoms with Gasteiger partial charge in [0.25, 0.3) is 0 Å². The van der Waals surface area contributed by atoms with Crippen LogP contribution in [-0.4, -0.2) is 11.1 Å². The van der Waals surface area contributed by atoms with Crippen LogP contribution in [0.3, 0.4) is 0 Å². The molecule has 3 nitrogen and oxygen atoms in total. The van der Waals surface area contributed by atoms with Gasteiger partial charge >= 0.3 is 5.97 Å². The normalized spacial score (nSPS) is 10.1. The van der Waals surface area contributed by atoms with Gasteiger partial charge in [-0.05, 0) is 36.2 Å². The van der Waals surface area contributed by atoms with E-state index in [1.807, 2.05) is 12.1 Å². The lowest BCUT2D eigenvalue weighted by atomic mass is 10.2. The number of carbonyl (C=O) groups is 1. The Labute approximate surface area is 106 Å². The van der Waals surface area contributed by atoms with Crippen molar-refractivity contribution in [3.8, 4) is 11.5 Å². The highest BCUT2D eigenvalue weighted by Gasteiger charge is 2.12. The first-order valence-corrected chi connectivity index (χ1v) is 5.80. The van der Waals surface area contributed by atoms with E-state index in [-0.39, 0.29) is 11.3 Å². The molecule has 0 atom stereocenters. The van der Waals surface area contributed by atoms with E-state index in [9.17, 15) is 9.90 Å². The number of carbonyl (C=O) groups excluding carboxylic acids is 1. The summed E-state index contributed by atoms with van der Waals surface area (Å²) in [6.07, 6.45) is 0.938. The standard InChI is InChI=1S/C15H14O3/c1-2-11-7-9-12(10-8-11)18-15(17)13-5-3-4-6-14(13)16/h3-10,16H,2H2,1H3. The van der Waals surface area contributed by atoms with Crippen molar-refractivity contribution in [2.24, 2.45) is 0 Å². The van der Waals surface area contributed by atoms with E-state index in [4.69, 9.17) is 4.74 Å². The van der Waals surface area contributed by atoms with Gasteiger partial charge in [-0.1, -0.05) is 31.2 Å². The minimum absolute atomic E-state index is 0.0762. The third kappa shape index (κ3) is 2.69. The summed E-state index contributed by atoms with van der Waals surface area (Å²) < 4.78 is 5.18. The lowest BCUT2D eigenvalue weighted by molar-refractivity contribution is 0.0731. The summed E-state index contributed by atoms with van der Waals surface area (Å²) >= 11 is 0. The molecule has 0 unspecified atom stereocenters.